The summed E-state index contributed by atoms with van der Waals surface area (Å²) in [5.74, 6) is 1.70. The summed E-state index contributed by atoms with van der Waals surface area (Å²) in [5.41, 5.74) is 0. The van der Waals surface area contributed by atoms with Crippen molar-refractivity contribution in [2.24, 2.45) is 5.92 Å². The van der Waals surface area contributed by atoms with E-state index in [0.29, 0.717) is 6.04 Å². The van der Waals surface area contributed by atoms with Crippen LogP contribution in [-0.2, 0) is 0 Å². The van der Waals surface area contributed by atoms with Crippen molar-refractivity contribution >= 4 is 5.95 Å². The first-order chi connectivity index (χ1) is 7.77. The first kappa shape index (κ1) is 11.4. The maximum absolute atomic E-state index is 4.35. The van der Waals surface area contributed by atoms with Crippen molar-refractivity contribution in [3.05, 3.63) is 18.5 Å². The van der Waals surface area contributed by atoms with Crippen LogP contribution in [-0.4, -0.2) is 22.6 Å². The molecule has 3 heteroatoms. The number of nitrogens with zero attached hydrogens (tertiary/aromatic N) is 3. The molecule has 1 fully saturated rings. The predicted octanol–water partition coefficient (Wildman–Crippen LogP) is 2.88. The number of anilines is 1. The minimum atomic E-state index is 0.657. The average Bonchev–Trinajstić information content (AvgIpc) is 2.75. The van der Waals surface area contributed by atoms with E-state index in [1.807, 2.05) is 18.5 Å². The van der Waals surface area contributed by atoms with Crippen molar-refractivity contribution in [3.8, 4) is 0 Å². The van der Waals surface area contributed by atoms with Crippen LogP contribution in [0.3, 0.4) is 0 Å². The number of aromatic nitrogens is 2. The summed E-state index contributed by atoms with van der Waals surface area (Å²) >= 11 is 0. The maximum Gasteiger partial charge on any atom is 0.225 e. The smallest absolute Gasteiger partial charge is 0.225 e. The molecule has 1 aromatic heterocycles. The number of hydrogen-bond donors (Lipinski definition) is 0. The largest absolute Gasteiger partial charge is 0.338 e. The molecule has 1 atom stereocenters. The lowest BCUT2D eigenvalue weighted by Gasteiger charge is -2.24. The van der Waals surface area contributed by atoms with E-state index in [1.54, 1.807) is 0 Å². The van der Waals surface area contributed by atoms with E-state index < -0.39 is 0 Å². The first-order valence-electron chi connectivity index (χ1n) is 6.31. The Bertz CT molecular complexity index is 310. The number of hydrogen-bond acceptors (Lipinski definition) is 3. The van der Waals surface area contributed by atoms with Crippen LogP contribution < -0.4 is 4.90 Å². The summed E-state index contributed by atoms with van der Waals surface area (Å²) < 4.78 is 0. The lowest BCUT2D eigenvalue weighted by molar-refractivity contribution is 0.492. The van der Waals surface area contributed by atoms with Crippen molar-refractivity contribution in [1.29, 1.82) is 0 Å². The van der Waals surface area contributed by atoms with Gasteiger partial charge in [0.05, 0.1) is 0 Å². The molecule has 88 valence electrons. The molecular formula is C13H21N3. The third-order valence-corrected chi connectivity index (χ3v) is 3.26. The van der Waals surface area contributed by atoms with Gasteiger partial charge in [-0.05, 0) is 37.7 Å². The van der Waals surface area contributed by atoms with Crippen LogP contribution in [0.2, 0.25) is 0 Å². The topological polar surface area (TPSA) is 29.0 Å². The highest BCUT2D eigenvalue weighted by Gasteiger charge is 2.25. The Balaban J connectivity index is 1.98. The van der Waals surface area contributed by atoms with Crippen LogP contribution in [0, 0.1) is 5.92 Å². The van der Waals surface area contributed by atoms with Gasteiger partial charge in [-0.2, -0.15) is 0 Å². The van der Waals surface area contributed by atoms with Crippen LogP contribution in [0.4, 0.5) is 5.95 Å². The monoisotopic (exact) mass is 219 g/mol. The highest BCUT2D eigenvalue weighted by molar-refractivity contribution is 5.32. The van der Waals surface area contributed by atoms with E-state index in [1.165, 1.54) is 25.7 Å². The summed E-state index contributed by atoms with van der Waals surface area (Å²) in [6.07, 6.45) is 8.82. The molecule has 0 aromatic carbocycles. The Morgan fingerprint density at radius 2 is 2.12 bits per heavy atom. The highest BCUT2D eigenvalue weighted by Crippen LogP contribution is 2.26. The van der Waals surface area contributed by atoms with Gasteiger partial charge in [0.15, 0.2) is 0 Å². The van der Waals surface area contributed by atoms with E-state index in [-0.39, 0.29) is 0 Å². The Labute approximate surface area is 97.9 Å². The van der Waals surface area contributed by atoms with Crippen molar-refractivity contribution in [3.63, 3.8) is 0 Å². The van der Waals surface area contributed by atoms with Gasteiger partial charge in [0.25, 0.3) is 0 Å². The van der Waals surface area contributed by atoms with Crippen LogP contribution >= 0.6 is 0 Å². The summed E-state index contributed by atoms with van der Waals surface area (Å²) in [4.78, 5) is 11.1. The van der Waals surface area contributed by atoms with Crippen molar-refractivity contribution in [2.45, 2.75) is 45.6 Å². The quantitative estimate of drug-likeness (QED) is 0.779. The zero-order chi connectivity index (χ0) is 11.4. The summed E-state index contributed by atoms with van der Waals surface area (Å²) in [6.45, 7) is 5.70. The molecule has 1 aromatic rings. The van der Waals surface area contributed by atoms with E-state index in [2.05, 4.69) is 28.7 Å². The zero-order valence-electron chi connectivity index (χ0n) is 10.3. The van der Waals surface area contributed by atoms with E-state index in [9.17, 15) is 0 Å². The Morgan fingerprint density at radius 3 is 2.81 bits per heavy atom. The fourth-order valence-corrected chi connectivity index (χ4v) is 2.36. The van der Waals surface area contributed by atoms with Gasteiger partial charge in [0.1, 0.15) is 0 Å². The summed E-state index contributed by atoms with van der Waals surface area (Å²) in [7, 11) is 0. The molecule has 0 N–H and O–H groups in total. The molecule has 2 rings (SSSR count). The van der Waals surface area contributed by atoms with Gasteiger partial charge in [-0.15, -0.1) is 0 Å². The van der Waals surface area contributed by atoms with Gasteiger partial charge in [-0.3, -0.25) is 0 Å². The third-order valence-electron chi connectivity index (χ3n) is 3.26. The van der Waals surface area contributed by atoms with Crippen LogP contribution in [0.5, 0.6) is 0 Å². The van der Waals surface area contributed by atoms with Gasteiger partial charge in [-0.1, -0.05) is 13.8 Å². The molecule has 1 aliphatic heterocycles. The predicted molar refractivity (Wildman–Crippen MR) is 66.5 cm³/mol. The van der Waals surface area contributed by atoms with Gasteiger partial charge in [0, 0.05) is 25.0 Å². The molecule has 0 saturated carbocycles. The van der Waals surface area contributed by atoms with Crippen LogP contribution in [0.1, 0.15) is 39.5 Å². The SMILES string of the molecule is CC(C)CCC1CCCN1c1ncccn1. The molecule has 1 unspecified atom stereocenters. The molecule has 0 amide bonds. The highest BCUT2D eigenvalue weighted by atomic mass is 15.3. The molecule has 0 radical (unpaired) electrons. The minimum absolute atomic E-state index is 0.657. The van der Waals surface area contributed by atoms with Crippen molar-refractivity contribution in [1.82, 2.24) is 9.97 Å². The zero-order valence-corrected chi connectivity index (χ0v) is 10.3. The fourth-order valence-electron chi connectivity index (χ4n) is 2.36. The first-order valence-corrected chi connectivity index (χ1v) is 6.31. The summed E-state index contributed by atoms with van der Waals surface area (Å²) in [5, 5.41) is 0. The third kappa shape index (κ3) is 2.71. The lowest BCUT2D eigenvalue weighted by Crippen LogP contribution is -2.30. The second-order valence-electron chi connectivity index (χ2n) is 5.01. The van der Waals surface area contributed by atoms with Crippen LogP contribution in [0.25, 0.3) is 0 Å². The molecule has 0 spiro atoms. The Morgan fingerprint density at radius 1 is 1.38 bits per heavy atom. The van der Waals surface area contributed by atoms with Gasteiger partial charge < -0.3 is 4.90 Å². The lowest BCUT2D eigenvalue weighted by atomic mass is 10.0. The maximum atomic E-state index is 4.35. The molecule has 3 nitrogen and oxygen atoms in total. The molecule has 0 aliphatic carbocycles. The Hall–Kier alpha value is -1.12. The van der Waals surface area contributed by atoms with E-state index in [4.69, 9.17) is 0 Å². The van der Waals surface area contributed by atoms with Gasteiger partial charge in [-0.25, -0.2) is 9.97 Å². The molecular weight excluding hydrogens is 198 g/mol. The number of rotatable bonds is 4. The fraction of sp³-hybridized carbons (Fsp3) is 0.692. The Kier molecular flexibility index (Phi) is 3.75. The molecule has 0 bridgehead atoms. The van der Waals surface area contributed by atoms with Crippen LogP contribution in [0.15, 0.2) is 18.5 Å². The van der Waals surface area contributed by atoms with Gasteiger partial charge >= 0.3 is 0 Å². The van der Waals surface area contributed by atoms with Crippen molar-refractivity contribution in [2.75, 3.05) is 11.4 Å². The second-order valence-corrected chi connectivity index (χ2v) is 5.01. The normalized spacial score (nSPS) is 20.7. The van der Waals surface area contributed by atoms with Gasteiger partial charge in [0.2, 0.25) is 5.95 Å². The molecule has 2 heterocycles. The molecule has 1 aliphatic rings. The van der Waals surface area contributed by atoms with E-state index in [0.717, 1.165) is 18.4 Å². The minimum Gasteiger partial charge on any atom is -0.338 e. The van der Waals surface area contributed by atoms with Crippen molar-refractivity contribution < 1.29 is 0 Å². The summed E-state index contributed by atoms with van der Waals surface area (Å²) in [6, 6.07) is 2.53. The van der Waals surface area contributed by atoms with E-state index >= 15 is 0 Å². The second kappa shape index (κ2) is 5.28. The molecule has 16 heavy (non-hydrogen) atoms. The molecule has 1 saturated heterocycles. The standard InChI is InChI=1S/C13H21N3/c1-11(2)6-7-12-5-3-10-16(12)13-14-8-4-9-15-13/h4,8-9,11-12H,3,5-7,10H2,1-2H3. The average molecular weight is 219 g/mol.